The Morgan fingerprint density at radius 3 is 2.93 bits per heavy atom. The Morgan fingerprint density at radius 2 is 2.36 bits per heavy atom. The lowest BCUT2D eigenvalue weighted by molar-refractivity contribution is 0.0951. The van der Waals surface area contributed by atoms with Crippen molar-refractivity contribution in [1.82, 2.24) is 0 Å². The molecule has 2 heteroatoms. The fourth-order valence-electron chi connectivity index (χ4n) is 1.38. The van der Waals surface area contributed by atoms with E-state index in [0.29, 0.717) is 12.2 Å². The predicted octanol–water partition coefficient (Wildman–Crippen LogP) is 3.68. The van der Waals surface area contributed by atoms with E-state index < -0.39 is 0 Å². The molecule has 0 saturated heterocycles. The number of rotatable bonds is 6. The zero-order valence-electron chi connectivity index (χ0n) is 8.95. The SMILES string of the molecule is CCC(C)CCCC(=O)c1ccco1. The number of furan rings is 1. The third-order valence-corrected chi connectivity index (χ3v) is 2.59. The van der Waals surface area contributed by atoms with Gasteiger partial charge in [0.1, 0.15) is 0 Å². The lowest BCUT2D eigenvalue weighted by Crippen LogP contribution is -1.99. The summed E-state index contributed by atoms with van der Waals surface area (Å²) in [4.78, 5) is 11.5. The fraction of sp³-hybridized carbons (Fsp3) is 0.583. The first-order valence-corrected chi connectivity index (χ1v) is 5.30. The van der Waals surface area contributed by atoms with Gasteiger partial charge in [0.05, 0.1) is 6.26 Å². The number of carbonyl (C=O) groups excluding carboxylic acids is 1. The zero-order valence-corrected chi connectivity index (χ0v) is 8.95. The second-order valence-electron chi connectivity index (χ2n) is 3.81. The van der Waals surface area contributed by atoms with Crippen molar-refractivity contribution in [2.45, 2.75) is 39.5 Å². The molecule has 1 unspecified atom stereocenters. The minimum atomic E-state index is 0.123. The third kappa shape index (κ3) is 3.36. The van der Waals surface area contributed by atoms with Crippen LogP contribution in [0.2, 0.25) is 0 Å². The van der Waals surface area contributed by atoms with Crippen molar-refractivity contribution in [2.75, 3.05) is 0 Å². The summed E-state index contributed by atoms with van der Waals surface area (Å²) in [6.07, 6.45) is 5.44. The quantitative estimate of drug-likeness (QED) is 0.647. The highest BCUT2D eigenvalue weighted by molar-refractivity contribution is 5.93. The molecule has 1 atom stereocenters. The van der Waals surface area contributed by atoms with Gasteiger partial charge in [-0.05, 0) is 24.5 Å². The molecule has 0 amide bonds. The van der Waals surface area contributed by atoms with E-state index >= 15 is 0 Å². The monoisotopic (exact) mass is 194 g/mol. The van der Waals surface area contributed by atoms with E-state index in [2.05, 4.69) is 13.8 Å². The first-order chi connectivity index (χ1) is 6.74. The van der Waals surface area contributed by atoms with Crippen molar-refractivity contribution in [3.05, 3.63) is 24.2 Å². The molecule has 14 heavy (non-hydrogen) atoms. The molecule has 0 bridgehead atoms. The minimum absolute atomic E-state index is 0.123. The first-order valence-electron chi connectivity index (χ1n) is 5.30. The van der Waals surface area contributed by atoms with Crippen LogP contribution in [0.3, 0.4) is 0 Å². The van der Waals surface area contributed by atoms with Crippen LogP contribution in [0.4, 0.5) is 0 Å². The maximum Gasteiger partial charge on any atom is 0.197 e. The Labute approximate surface area is 85.3 Å². The van der Waals surface area contributed by atoms with Gasteiger partial charge in [-0.15, -0.1) is 0 Å². The van der Waals surface area contributed by atoms with Gasteiger partial charge in [-0.2, -0.15) is 0 Å². The Hall–Kier alpha value is -1.05. The van der Waals surface area contributed by atoms with Crippen molar-refractivity contribution in [3.8, 4) is 0 Å². The number of carbonyl (C=O) groups is 1. The van der Waals surface area contributed by atoms with Crippen LogP contribution in [0.1, 0.15) is 50.1 Å². The largest absolute Gasteiger partial charge is 0.461 e. The minimum Gasteiger partial charge on any atom is -0.461 e. The average molecular weight is 194 g/mol. The third-order valence-electron chi connectivity index (χ3n) is 2.59. The first kappa shape index (κ1) is 11.0. The van der Waals surface area contributed by atoms with Crippen LogP contribution < -0.4 is 0 Å². The van der Waals surface area contributed by atoms with E-state index in [1.54, 1.807) is 18.4 Å². The van der Waals surface area contributed by atoms with Gasteiger partial charge in [-0.1, -0.05) is 26.7 Å². The molecule has 78 valence electrons. The summed E-state index contributed by atoms with van der Waals surface area (Å²) < 4.78 is 5.03. The van der Waals surface area contributed by atoms with Gasteiger partial charge >= 0.3 is 0 Å². The van der Waals surface area contributed by atoms with Gasteiger partial charge in [0.15, 0.2) is 11.5 Å². The standard InChI is InChI=1S/C12H18O2/c1-3-10(2)6-4-7-11(13)12-8-5-9-14-12/h5,8-10H,3-4,6-7H2,1-2H3. The maximum atomic E-state index is 11.5. The Bertz CT molecular complexity index is 262. The van der Waals surface area contributed by atoms with Crippen LogP contribution in [0.5, 0.6) is 0 Å². The molecular formula is C12H18O2. The summed E-state index contributed by atoms with van der Waals surface area (Å²) in [6, 6.07) is 3.48. The van der Waals surface area contributed by atoms with Gasteiger partial charge in [0, 0.05) is 6.42 Å². The predicted molar refractivity (Wildman–Crippen MR) is 56.3 cm³/mol. The lowest BCUT2D eigenvalue weighted by atomic mass is 10.0. The topological polar surface area (TPSA) is 30.2 Å². The Morgan fingerprint density at radius 1 is 1.57 bits per heavy atom. The molecule has 1 aromatic heterocycles. The summed E-state index contributed by atoms with van der Waals surface area (Å²) in [5, 5.41) is 0. The normalized spacial score (nSPS) is 12.7. The molecule has 0 aliphatic heterocycles. The Balaban J connectivity index is 2.23. The van der Waals surface area contributed by atoms with Gasteiger partial charge in [-0.3, -0.25) is 4.79 Å². The van der Waals surface area contributed by atoms with Crippen molar-refractivity contribution >= 4 is 5.78 Å². The molecule has 0 fully saturated rings. The highest BCUT2D eigenvalue weighted by atomic mass is 16.3. The zero-order chi connectivity index (χ0) is 10.4. The Kier molecular flexibility index (Phi) is 4.44. The lowest BCUT2D eigenvalue weighted by Gasteiger charge is -2.06. The molecule has 0 saturated carbocycles. The molecule has 0 radical (unpaired) electrons. The number of hydrogen-bond donors (Lipinski definition) is 0. The van der Waals surface area contributed by atoms with E-state index in [-0.39, 0.29) is 5.78 Å². The molecule has 1 rings (SSSR count). The highest BCUT2D eigenvalue weighted by Gasteiger charge is 2.08. The molecule has 1 aromatic rings. The van der Waals surface area contributed by atoms with Crippen molar-refractivity contribution in [1.29, 1.82) is 0 Å². The van der Waals surface area contributed by atoms with E-state index in [1.807, 2.05) is 0 Å². The van der Waals surface area contributed by atoms with Gasteiger partial charge in [-0.25, -0.2) is 0 Å². The number of ketones is 1. The molecule has 0 aromatic carbocycles. The van der Waals surface area contributed by atoms with Crippen molar-refractivity contribution in [3.63, 3.8) is 0 Å². The number of hydrogen-bond acceptors (Lipinski definition) is 2. The molecular weight excluding hydrogens is 176 g/mol. The second-order valence-corrected chi connectivity index (χ2v) is 3.81. The van der Waals surface area contributed by atoms with E-state index in [4.69, 9.17) is 4.42 Å². The smallest absolute Gasteiger partial charge is 0.197 e. The average Bonchev–Trinajstić information content (AvgIpc) is 2.70. The summed E-state index contributed by atoms with van der Waals surface area (Å²) in [5.74, 6) is 1.34. The molecule has 0 aliphatic carbocycles. The summed E-state index contributed by atoms with van der Waals surface area (Å²) >= 11 is 0. The van der Waals surface area contributed by atoms with Gasteiger partial charge in [0.25, 0.3) is 0 Å². The van der Waals surface area contributed by atoms with Crippen LogP contribution in [0, 0.1) is 5.92 Å². The van der Waals surface area contributed by atoms with Crippen molar-refractivity contribution in [2.24, 2.45) is 5.92 Å². The van der Waals surface area contributed by atoms with E-state index in [1.165, 1.54) is 6.42 Å². The van der Waals surface area contributed by atoms with Crippen LogP contribution in [0.25, 0.3) is 0 Å². The molecule has 0 aliphatic rings. The summed E-state index contributed by atoms with van der Waals surface area (Å²) in [5.41, 5.74) is 0. The molecule has 0 N–H and O–H groups in total. The number of Topliss-reactive ketones (excluding diaryl/α,β-unsaturated/α-hetero) is 1. The second kappa shape index (κ2) is 5.63. The molecule has 0 spiro atoms. The van der Waals surface area contributed by atoms with E-state index in [9.17, 15) is 4.79 Å². The fourth-order valence-corrected chi connectivity index (χ4v) is 1.38. The van der Waals surface area contributed by atoms with Crippen molar-refractivity contribution < 1.29 is 9.21 Å². The molecule has 1 heterocycles. The van der Waals surface area contributed by atoms with Crippen LogP contribution >= 0.6 is 0 Å². The highest BCUT2D eigenvalue weighted by Crippen LogP contribution is 2.13. The van der Waals surface area contributed by atoms with Gasteiger partial charge in [0.2, 0.25) is 0 Å². The maximum absolute atomic E-state index is 11.5. The van der Waals surface area contributed by atoms with Crippen LogP contribution in [0.15, 0.2) is 22.8 Å². The van der Waals surface area contributed by atoms with Crippen LogP contribution in [-0.2, 0) is 0 Å². The summed E-state index contributed by atoms with van der Waals surface area (Å²) in [7, 11) is 0. The van der Waals surface area contributed by atoms with Crippen LogP contribution in [-0.4, -0.2) is 5.78 Å². The molecule has 2 nitrogen and oxygen atoms in total. The van der Waals surface area contributed by atoms with E-state index in [0.717, 1.165) is 18.8 Å². The van der Waals surface area contributed by atoms with Gasteiger partial charge < -0.3 is 4.42 Å². The summed E-state index contributed by atoms with van der Waals surface area (Å²) in [6.45, 7) is 4.40.